The largest absolute Gasteiger partial charge is 0.315 e. The van der Waals surface area contributed by atoms with Crippen LogP contribution in [0.3, 0.4) is 0 Å². The lowest BCUT2D eigenvalue weighted by Gasteiger charge is -2.16. The molecule has 1 aliphatic rings. The highest BCUT2D eigenvalue weighted by Crippen LogP contribution is 2.26. The molecule has 1 unspecified atom stereocenters. The number of nitrogens with one attached hydrogen (secondary N) is 1. The van der Waals surface area contributed by atoms with Gasteiger partial charge in [0, 0.05) is 19.6 Å². The van der Waals surface area contributed by atoms with Gasteiger partial charge >= 0.3 is 0 Å². The van der Waals surface area contributed by atoms with Crippen molar-refractivity contribution in [1.29, 1.82) is 0 Å². The fraction of sp³-hybridized carbons (Fsp3) is 0.647. The molecule has 1 aromatic carbocycles. The van der Waals surface area contributed by atoms with E-state index in [4.69, 9.17) is 0 Å². The molecule has 1 aromatic rings. The molecular formula is C17H28N2. The second-order valence-electron chi connectivity index (χ2n) is 5.65. The Labute approximate surface area is 118 Å². The highest BCUT2D eigenvalue weighted by Gasteiger charge is 2.22. The van der Waals surface area contributed by atoms with Crippen molar-refractivity contribution in [3.05, 3.63) is 35.9 Å². The fourth-order valence-electron chi connectivity index (χ4n) is 2.90. The van der Waals surface area contributed by atoms with E-state index in [9.17, 15) is 0 Å². The van der Waals surface area contributed by atoms with E-state index in [0.717, 1.165) is 12.5 Å². The van der Waals surface area contributed by atoms with Gasteiger partial charge in [-0.15, -0.1) is 0 Å². The first-order chi connectivity index (χ1) is 9.40. The van der Waals surface area contributed by atoms with Gasteiger partial charge in [-0.3, -0.25) is 0 Å². The predicted molar refractivity (Wildman–Crippen MR) is 82.6 cm³/mol. The van der Waals surface area contributed by atoms with Crippen LogP contribution < -0.4 is 5.32 Å². The van der Waals surface area contributed by atoms with Crippen LogP contribution in [0.1, 0.15) is 44.1 Å². The highest BCUT2D eigenvalue weighted by atomic mass is 15.2. The van der Waals surface area contributed by atoms with E-state index >= 15 is 0 Å². The number of rotatable bonds is 8. The Hall–Kier alpha value is -0.860. The van der Waals surface area contributed by atoms with Gasteiger partial charge in [-0.1, -0.05) is 50.1 Å². The summed E-state index contributed by atoms with van der Waals surface area (Å²) in [6.45, 7) is 8.29. The van der Waals surface area contributed by atoms with Gasteiger partial charge in [0.15, 0.2) is 0 Å². The van der Waals surface area contributed by atoms with Crippen molar-refractivity contribution in [2.75, 3.05) is 32.7 Å². The topological polar surface area (TPSA) is 15.3 Å². The molecule has 1 atom stereocenters. The third kappa shape index (κ3) is 4.96. The second-order valence-corrected chi connectivity index (χ2v) is 5.65. The van der Waals surface area contributed by atoms with Gasteiger partial charge in [-0.25, -0.2) is 0 Å². The second kappa shape index (κ2) is 8.34. The van der Waals surface area contributed by atoms with Crippen LogP contribution in [0, 0.1) is 0 Å². The normalized spacial score (nSPS) is 19.9. The summed E-state index contributed by atoms with van der Waals surface area (Å²) in [5.74, 6) is 0.751. The summed E-state index contributed by atoms with van der Waals surface area (Å²) >= 11 is 0. The minimum absolute atomic E-state index is 0.751. The molecule has 1 fully saturated rings. The quantitative estimate of drug-likeness (QED) is 0.722. The smallest absolute Gasteiger partial charge is 0.0107 e. The predicted octanol–water partition coefficient (Wildman–Crippen LogP) is 3.26. The van der Waals surface area contributed by atoms with E-state index in [-0.39, 0.29) is 0 Å². The molecule has 1 heterocycles. The zero-order valence-electron chi connectivity index (χ0n) is 12.3. The summed E-state index contributed by atoms with van der Waals surface area (Å²) in [5, 5.41) is 3.56. The zero-order valence-corrected chi connectivity index (χ0v) is 12.3. The number of benzene rings is 1. The first-order valence-electron chi connectivity index (χ1n) is 7.88. The fourth-order valence-corrected chi connectivity index (χ4v) is 2.90. The molecule has 106 valence electrons. The molecule has 2 nitrogen and oxygen atoms in total. The van der Waals surface area contributed by atoms with E-state index in [1.165, 1.54) is 57.4 Å². The molecule has 0 bridgehead atoms. The Kier molecular flexibility index (Phi) is 6.38. The third-order valence-electron chi connectivity index (χ3n) is 4.11. The molecule has 0 saturated carbocycles. The number of hydrogen-bond acceptors (Lipinski definition) is 2. The molecule has 2 rings (SSSR count). The Morgan fingerprint density at radius 2 is 2.00 bits per heavy atom. The molecule has 1 N–H and O–H groups in total. The Bertz CT molecular complexity index is 336. The molecule has 1 saturated heterocycles. The minimum Gasteiger partial charge on any atom is -0.315 e. The summed E-state index contributed by atoms with van der Waals surface area (Å²) in [5.41, 5.74) is 1.51. The van der Waals surface area contributed by atoms with Crippen molar-refractivity contribution < 1.29 is 0 Å². The lowest BCUT2D eigenvalue weighted by atomic mass is 9.99. The van der Waals surface area contributed by atoms with Gasteiger partial charge in [-0.2, -0.15) is 0 Å². The average Bonchev–Trinajstić information content (AvgIpc) is 2.92. The van der Waals surface area contributed by atoms with Crippen molar-refractivity contribution in [3.63, 3.8) is 0 Å². The van der Waals surface area contributed by atoms with Crippen LogP contribution in [0.25, 0.3) is 0 Å². The zero-order chi connectivity index (χ0) is 13.3. The van der Waals surface area contributed by atoms with Gasteiger partial charge in [-0.05, 0) is 37.4 Å². The van der Waals surface area contributed by atoms with Gasteiger partial charge in [0.2, 0.25) is 0 Å². The maximum Gasteiger partial charge on any atom is 0.0107 e. The molecule has 0 spiro atoms. The van der Waals surface area contributed by atoms with Gasteiger partial charge in [0.25, 0.3) is 0 Å². The van der Waals surface area contributed by atoms with E-state index in [1.807, 2.05) is 0 Å². The van der Waals surface area contributed by atoms with E-state index in [1.54, 1.807) is 0 Å². The molecule has 19 heavy (non-hydrogen) atoms. The number of nitrogens with zero attached hydrogens (tertiary/aromatic N) is 1. The first-order valence-corrected chi connectivity index (χ1v) is 7.88. The number of hydrogen-bond donors (Lipinski definition) is 1. The molecule has 0 aliphatic carbocycles. The number of unbranched alkanes of at least 4 members (excludes halogenated alkanes) is 2. The minimum atomic E-state index is 0.751. The summed E-state index contributed by atoms with van der Waals surface area (Å²) in [6, 6.07) is 11.0. The van der Waals surface area contributed by atoms with Crippen LogP contribution in [0.4, 0.5) is 0 Å². The molecule has 1 aliphatic heterocycles. The SMILES string of the molecule is CCCCCNCCN1CCC(c2ccccc2)C1. The standard InChI is InChI=1S/C17H28N2/c1-2-3-7-11-18-12-14-19-13-10-17(15-19)16-8-5-4-6-9-16/h4-6,8-9,17-18H,2-3,7,10-15H2,1H3. The Morgan fingerprint density at radius 1 is 1.16 bits per heavy atom. The maximum atomic E-state index is 3.56. The van der Waals surface area contributed by atoms with Crippen molar-refractivity contribution >= 4 is 0 Å². The van der Waals surface area contributed by atoms with Crippen LogP contribution in [0.2, 0.25) is 0 Å². The van der Waals surface area contributed by atoms with Crippen molar-refractivity contribution in [2.45, 2.75) is 38.5 Å². The number of likely N-dealkylation sites (tertiary alicyclic amines) is 1. The molecule has 0 amide bonds. The third-order valence-corrected chi connectivity index (χ3v) is 4.11. The van der Waals surface area contributed by atoms with Crippen LogP contribution in [-0.2, 0) is 0 Å². The van der Waals surface area contributed by atoms with E-state index < -0.39 is 0 Å². The van der Waals surface area contributed by atoms with Gasteiger partial charge < -0.3 is 10.2 Å². The lowest BCUT2D eigenvalue weighted by Crippen LogP contribution is -2.30. The summed E-state index contributed by atoms with van der Waals surface area (Å²) in [6.07, 6.45) is 5.31. The van der Waals surface area contributed by atoms with Crippen LogP contribution in [-0.4, -0.2) is 37.6 Å². The van der Waals surface area contributed by atoms with Crippen molar-refractivity contribution in [3.8, 4) is 0 Å². The van der Waals surface area contributed by atoms with Crippen LogP contribution >= 0.6 is 0 Å². The van der Waals surface area contributed by atoms with E-state index in [2.05, 4.69) is 47.5 Å². The monoisotopic (exact) mass is 260 g/mol. The van der Waals surface area contributed by atoms with E-state index in [0.29, 0.717) is 0 Å². The van der Waals surface area contributed by atoms with Gasteiger partial charge in [0.05, 0.1) is 0 Å². The Balaban J connectivity index is 1.60. The van der Waals surface area contributed by atoms with Gasteiger partial charge in [0.1, 0.15) is 0 Å². The molecule has 0 radical (unpaired) electrons. The summed E-state index contributed by atoms with van der Waals surface area (Å²) in [7, 11) is 0. The average molecular weight is 260 g/mol. The van der Waals surface area contributed by atoms with Crippen molar-refractivity contribution in [2.24, 2.45) is 0 Å². The van der Waals surface area contributed by atoms with Crippen molar-refractivity contribution in [1.82, 2.24) is 10.2 Å². The molecular weight excluding hydrogens is 232 g/mol. The van der Waals surface area contributed by atoms with Crippen LogP contribution in [0.5, 0.6) is 0 Å². The summed E-state index contributed by atoms with van der Waals surface area (Å²) < 4.78 is 0. The lowest BCUT2D eigenvalue weighted by molar-refractivity contribution is 0.331. The summed E-state index contributed by atoms with van der Waals surface area (Å²) in [4.78, 5) is 2.60. The molecule has 0 aromatic heterocycles. The highest BCUT2D eigenvalue weighted by molar-refractivity contribution is 5.20. The Morgan fingerprint density at radius 3 is 2.79 bits per heavy atom. The molecule has 2 heteroatoms. The maximum absolute atomic E-state index is 3.56. The first kappa shape index (κ1) is 14.5. The van der Waals surface area contributed by atoms with Crippen LogP contribution in [0.15, 0.2) is 30.3 Å².